The number of likely N-dealkylation sites (tertiary alicyclic amines) is 1. The van der Waals surface area contributed by atoms with Crippen molar-refractivity contribution < 1.29 is 9.21 Å². The van der Waals surface area contributed by atoms with Crippen molar-refractivity contribution in [2.24, 2.45) is 0 Å². The van der Waals surface area contributed by atoms with Gasteiger partial charge in [-0.1, -0.05) is 43.2 Å². The Bertz CT molecular complexity index is 631. The number of nitrogens with zero attached hydrogens (tertiary/aromatic N) is 3. The molecule has 0 radical (unpaired) electrons. The number of carbonyl (C=O) groups is 1. The maximum atomic E-state index is 12.8. The first kappa shape index (κ1) is 15.7. The van der Waals surface area contributed by atoms with Gasteiger partial charge in [-0.2, -0.15) is 0 Å². The molecule has 5 nitrogen and oxygen atoms in total. The van der Waals surface area contributed by atoms with Crippen molar-refractivity contribution in [3.8, 4) is 0 Å². The predicted molar refractivity (Wildman–Crippen MR) is 87.0 cm³/mol. The second-order valence-electron chi connectivity index (χ2n) is 6.12. The van der Waals surface area contributed by atoms with Crippen molar-refractivity contribution in [1.82, 2.24) is 15.1 Å². The molecule has 1 aliphatic rings. The van der Waals surface area contributed by atoms with E-state index < -0.39 is 0 Å². The lowest BCUT2D eigenvalue weighted by Gasteiger charge is -2.22. The highest BCUT2D eigenvalue weighted by Crippen LogP contribution is 2.28. The quantitative estimate of drug-likeness (QED) is 0.869. The van der Waals surface area contributed by atoms with Crippen molar-refractivity contribution in [3.63, 3.8) is 0 Å². The number of carbonyl (C=O) groups excluding carboxylic acids is 1. The normalized spacial score (nSPS) is 16.8. The van der Waals surface area contributed by atoms with Crippen LogP contribution in [0.3, 0.4) is 0 Å². The molecule has 1 saturated heterocycles. The number of benzene rings is 1. The molecular formula is C18H23N3O2. The summed E-state index contributed by atoms with van der Waals surface area (Å²) in [7, 11) is 0. The molecule has 122 valence electrons. The lowest BCUT2D eigenvalue weighted by atomic mass is 9.95. The third kappa shape index (κ3) is 3.97. The molecule has 23 heavy (non-hydrogen) atoms. The van der Waals surface area contributed by atoms with E-state index in [1.54, 1.807) is 6.92 Å². The van der Waals surface area contributed by atoms with E-state index in [9.17, 15) is 4.79 Å². The second kappa shape index (κ2) is 7.40. The van der Waals surface area contributed by atoms with Crippen LogP contribution in [0, 0.1) is 6.92 Å². The smallest absolute Gasteiger partial charge is 0.224 e. The molecule has 1 fully saturated rings. The summed E-state index contributed by atoms with van der Waals surface area (Å²) in [4.78, 5) is 14.7. The third-order valence-electron chi connectivity index (χ3n) is 4.38. The lowest BCUT2D eigenvalue weighted by molar-refractivity contribution is -0.131. The van der Waals surface area contributed by atoms with E-state index in [-0.39, 0.29) is 11.8 Å². The van der Waals surface area contributed by atoms with Gasteiger partial charge in [-0.15, -0.1) is 10.2 Å². The summed E-state index contributed by atoms with van der Waals surface area (Å²) in [6.07, 6.45) is 5.01. The van der Waals surface area contributed by atoms with Crippen molar-refractivity contribution in [1.29, 1.82) is 0 Å². The van der Waals surface area contributed by atoms with Crippen LogP contribution in [0.1, 0.15) is 55.4 Å². The first-order valence-corrected chi connectivity index (χ1v) is 8.37. The second-order valence-corrected chi connectivity index (χ2v) is 6.12. The Morgan fingerprint density at radius 2 is 1.83 bits per heavy atom. The van der Waals surface area contributed by atoms with Crippen LogP contribution in [0.15, 0.2) is 34.7 Å². The number of hydrogen-bond donors (Lipinski definition) is 0. The lowest BCUT2D eigenvalue weighted by Crippen LogP contribution is -2.33. The number of amides is 1. The Balaban J connectivity index is 1.79. The Morgan fingerprint density at radius 3 is 2.43 bits per heavy atom. The Labute approximate surface area is 136 Å². The van der Waals surface area contributed by atoms with Crippen LogP contribution in [-0.2, 0) is 4.79 Å². The molecule has 2 aromatic rings. The van der Waals surface area contributed by atoms with Gasteiger partial charge in [0.05, 0.1) is 5.92 Å². The molecule has 1 aromatic carbocycles. The minimum atomic E-state index is -0.173. The molecule has 1 atom stereocenters. The van der Waals surface area contributed by atoms with E-state index in [0.29, 0.717) is 18.2 Å². The molecule has 1 aromatic heterocycles. The van der Waals surface area contributed by atoms with Gasteiger partial charge in [0, 0.05) is 26.4 Å². The van der Waals surface area contributed by atoms with Gasteiger partial charge in [-0.3, -0.25) is 4.79 Å². The van der Waals surface area contributed by atoms with Crippen molar-refractivity contribution in [3.05, 3.63) is 47.7 Å². The maximum Gasteiger partial charge on any atom is 0.224 e. The van der Waals surface area contributed by atoms with Crippen molar-refractivity contribution in [2.45, 2.75) is 44.9 Å². The van der Waals surface area contributed by atoms with Gasteiger partial charge in [0.2, 0.25) is 17.7 Å². The van der Waals surface area contributed by atoms with E-state index in [0.717, 1.165) is 31.5 Å². The fraction of sp³-hybridized carbons (Fsp3) is 0.500. The summed E-state index contributed by atoms with van der Waals surface area (Å²) < 4.78 is 5.62. The Morgan fingerprint density at radius 1 is 1.13 bits per heavy atom. The molecule has 0 spiro atoms. The molecule has 3 rings (SSSR count). The summed E-state index contributed by atoms with van der Waals surface area (Å²) in [5, 5.41) is 8.08. The number of hydrogen-bond acceptors (Lipinski definition) is 4. The number of rotatable bonds is 4. The van der Waals surface area contributed by atoms with Crippen LogP contribution in [0.25, 0.3) is 0 Å². The highest BCUT2D eigenvalue weighted by Gasteiger charge is 2.26. The summed E-state index contributed by atoms with van der Waals surface area (Å²) in [6, 6.07) is 9.94. The summed E-state index contributed by atoms with van der Waals surface area (Å²) in [5.41, 5.74) is 1.04. The van der Waals surface area contributed by atoms with Crippen LogP contribution in [0.2, 0.25) is 0 Å². The minimum Gasteiger partial charge on any atom is -0.425 e. The van der Waals surface area contributed by atoms with Crippen LogP contribution in [-0.4, -0.2) is 34.1 Å². The molecule has 0 bridgehead atoms. The van der Waals surface area contributed by atoms with Crippen LogP contribution in [0.4, 0.5) is 0 Å². The zero-order valence-corrected chi connectivity index (χ0v) is 13.6. The van der Waals surface area contributed by atoms with Gasteiger partial charge in [0.1, 0.15) is 0 Å². The molecule has 0 saturated carbocycles. The zero-order chi connectivity index (χ0) is 16.1. The summed E-state index contributed by atoms with van der Waals surface area (Å²) in [6.45, 7) is 3.50. The Hall–Kier alpha value is -2.17. The molecule has 2 heterocycles. The van der Waals surface area contributed by atoms with Gasteiger partial charge in [-0.25, -0.2) is 0 Å². The van der Waals surface area contributed by atoms with Gasteiger partial charge in [-0.05, 0) is 18.4 Å². The summed E-state index contributed by atoms with van der Waals surface area (Å²) >= 11 is 0. The molecule has 0 N–H and O–H groups in total. The highest BCUT2D eigenvalue weighted by atomic mass is 16.4. The topological polar surface area (TPSA) is 59.2 Å². The Kier molecular flexibility index (Phi) is 5.05. The van der Waals surface area contributed by atoms with E-state index in [1.165, 1.54) is 12.8 Å². The van der Waals surface area contributed by atoms with Gasteiger partial charge in [0.25, 0.3) is 0 Å². The predicted octanol–water partition coefficient (Wildman–Crippen LogP) is 3.30. The molecule has 0 aliphatic carbocycles. The van der Waals surface area contributed by atoms with E-state index >= 15 is 0 Å². The molecule has 1 aliphatic heterocycles. The molecular weight excluding hydrogens is 290 g/mol. The van der Waals surface area contributed by atoms with Crippen LogP contribution in [0.5, 0.6) is 0 Å². The first-order chi connectivity index (χ1) is 11.2. The zero-order valence-electron chi connectivity index (χ0n) is 13.6. The van der Waals surface area contributed by atoms with E-state index in [2.05, 4.69) is 10.2 Å². The standard InChI is InChI=1S/C18H23N3O2/c1-14-19-20-18(23-14)16(15-9-5-4-6-10-15)13-17(22)21-11-7-2-3-8-12-21/h4-6,9-10,16H,2-3,7-8,11-13H2,1H3. The number of aromatic nitrogens is 2. The average molecular weight is 313 g/mol. The SMILES string of the molecule is Cc1nnc(C(CC(=O)N2CCCCCC2)c2ccccc2)o1. The maximum absolute atomic E-state index is 12.8. The van der Waals surface area contributed by atoms with Gasteiger partial charge < -0.3 is 9.32 Å². The molecule has 1 amide bonds. The first-order valence-electron chi connectivity index (χ1n) is 8.37. The van der Waals surface area contributed by atoms with E-state index in [4.69, 9.17) is 4.42 Å². The fourth-order valence-electron chi connectivity index (χ4n) is 3.11. The van der Waals surface area contributed by atoms with Gasteiger partial charge >= 0.3 is 0 Å². The van der Waals surface area contributed by atoms with Crippen LogP contribution < -0.4 is 0 Å². The highest BCUT2D eigenvalue weighted by molar-refractivity contribution is 5.77. The average Bonchev–Trinajstić information content (AvgIpc) is 2.84. The third-order valence-corrected chi connectivity index (χ3v) is 4.38. The minimum absolute atomic E-state index is 0.173. The van der Waals surface area contributed by atoms with Crippen LogP contribution >= 0.6 is 0 Å². The fourth-order valence-corrected chi connectivity index (χ4v) is 3.11. The van der Waals surface area contributed by atoms with Crippen molar-refractivity contribution >= 4 is 5.91 Å². The molecule has 5 heteroatoms. The molecule has 1 unspecified atom stereocenters. The van der Waals surface area contributed by atoms with E-state index in [1.807, 2.05) is 35.2 Å². The number of aryl methyl sites for hydroxylation is 1. The largest absolute Gasteiger partial charge is 0.425 e. The monoisotopic (exact) mass is 313 g/mol. The van der Waals surface area contributed by atoms with Crippen molar-refractivity contribution in [2.75, 3.05) is 13.1 Å². The van der Waals surface area contributed by atoms with Gasteiger partial charge in [0.15, 0.2) is 0 Å². The summed E-state index contributed by atoms with van der Waals surface area (Å²) in [5.74, 6) is 1.06.